The first-order valence-electron chi connectivity index (χ1n) is 14.3. The normalized spacial score (nSPS) is 19.6. The zero-order chi connectivity index (χ0) is 27.6. The van der Waals surface area contributed by atoms with E-state index in [1.54, 1.807) is 7.11 Å². The Labute approximate surface area is 236 Å². The predicted octanol–water partition coefficient (Wildman–Crippen LogP) is 3.51. The van der Waals surface area contributed by atoms with E-state index >= 15 is 0 Å². The van der Waals surface area contributed by atoms with E-state index in [1.807, 2.05) is 17.0 Å². The largest absolute Gasteiger partial charge is 0.496 e. The van der Waals surface area contributed by atoms with Crippen LogP contribution in [-0.4, -0.2) is 91.7 Å². The maximum absolute atomic E-state index is 12.2. The van der Waals surface area contributed by atoms with Gasteiger partial charge in [0.15, 0.2) is 0 Å². The Morgan fingerprint density at radius 3 is 2.58 bits per heavy atom. The second kappa shape index (κ2) is 11.3. The highest BCUT2D eigenvalue weighted by Gasteiger charge is 2.30. The number of fused-ring (bicyclic) bond motifs is 2. The minimum Gasteiger partial charge on any atom is -0.496 e. The molecule has 2 fully saturated rings. The first kappa shape index (κ1) is 26.4. The molecular weight excluding hydrogens is 504 g/mol. The molecule has 0 spiro atoms. The van der Waals surface area contributed by atoms with Crippen LogP contribution in [0.1, 0.15) is 24.1 Å². The van der Waals surface area contributed by atoms with Gasteiger partial charge in [0.2, 0.25) is 5.91 Å². The van der Waals surface area contributed by atoms with Crippen molar-refractivity contribution < 1.29 is 14.3 Å². The summed E-state index contributed by atoms with van der Waals surface area (Å²) < 4.78 is 12.0. The lowest BCUT2D eigenvalue weighted by Gasteiger charge is -2.38. The van der Waals surface area contributed by atoms with E-state index in [2.05, 4.69) is 52.6 Å². The van der Waals surface area contributed by atoms with Crippen LogP contribution < -0.4 is 19.3 Å². The zero-order valence-electron chi connectivity index (χ0n) is 23.5. The fraction of sp³-hybridized carbons (Fsp3) is 0.452. The number of anilines is 2. The molecule has 1 atom stereocenters. The fourth-order valence-corrected chi connectivity index (χ4v) is 6.27. The lowest BCUT2D eigenvalue weighted by atomic mass is 10.0. The van der Waals surface area contributed by atoms with Crippen LogP contribution in [0, 0.1) is 0 Å². The van der Waals surface area contributed by atoms with Crippen LogP contribution in [0.3, 0.4) is 0 Å². The number of hydrogen-bond donors (Lipinski definition) is 0. The summed E-state index contributed by atoms with van der Waals surface area (Å²) in [4.78, 5) is 31.0. The Kier molecular flexibility index (Phi) is 7.47. The molecule has 6 rings (SSSR count). The molecule has 1 amide bonds. The van der Waals surface area contributed by atoms with Crippen molar-refractivity contribution >= 4 is 28.2 Å². The van der Waals surface area contributed by atoms with Gasteiger partial charge < -0.3 is 29.1 Å². The molecule has 0 saturated carbocycles. The highest BCUT2D eigenvalue weighted by molar-refractivity contribution is 5.99. The summed E-state index contributed by atoms with van der Waals surface area (Å²) in [5, 5.41) is 2.27. The third-order valence-corrected chi connectivity index (χ3v) is 8.57. The van der Waals surface area contributed by atoms with Gasteiger partial charge in [0.25, 0.3) is 0 Å². The predicted molar refractivity (Wildman–Crippen MR) is 157 cm³/mol. The number of nitrogens with zero attached hydrogens (tertiary/aromatic N) is 6. The lowest BCUT2D eigenvalue weighted by molar-refractivity contribution is -0.126. The highest BCUT2D eigenvalue weighted by atomic mass is 16.5. The quantitative estimate of drug-likeness (QED) is 0.420. The van der Waals surface area contributed by atoms with Crippen molar-refractivity contribution in [3.63, 3.8) is 0 Å². The minimum absolute atomic E-state index is 0.0183. The van der Waals surface area contributed by atoms with Gasteiger partial charge in [0.1, 0.15) is 18.2 Å². The lowest BCUT2D eigenvalue weighted by Crippen LogP contribution is -2.49. The average Bonchev–Trinajstić information content (AvgIpc) is 3.42. The van der Waals surface area contributed by atoms with Gasteiger partial charge in [-0.05, 0) is 56.4 Å². The van der Waals surface area contributed by atoms with E-state index in [0.29, 0.717) is 38.3 Å². The average molecular weight is 543 g/mol. The molecule has 0 N–H and O–H groups in total. The second-order valence-electron chi connectivity index (χ2n) is 10.9. The van der Waals surface area contributed by atoms with Crippen LogP contribution in [0.15, 0.2) is 49.1 Å². The van der Waals surface area contributed by atoms with Gasteiger partial charge in [-0.15, -0.1) is 0 Å². The first-order valence-corrected chi connectivity index (χ1v) is 14.3. The monoisotopic (exact) mass is 542 g/mol. The number of amides is 1. The molecule has 0 unspecified atom stereocenters. The summed E-state index contributed by atoms with van der Waals surface area (Å²) in [6.45, 7) is 9.58. The highest BCUT2D eigenvalue weighted by Crippen LogP contribution is 2.38. The number of carbonyl (C=O) groups is 1. The number of likely N-dealkylation sites (tertiary alicyclic amines) is 1. The van der Waals surface area contributed by atoms with Gasteiger partial charge in [0.05, 0.1) is 19.3 Å². The minimum atomic E-state index is -0.0183. The Bertz CT molecular complexity index is 1400. The number of methoxy groups -OCH3 is 1. The summed E-state index contributed by atoms with van der Waals surface area (Å²) in [5.41, 5.74) is 3.33. The summed E-state index contributed by atoms with van der Waals surface area (Å²) in [5.74, 6) is 1.80. The van der Waals surface area contributed by atoms with Crippen molar-refractivity contribution in [2.45, 2.75) is 31.8 Å². The van der Waals surface area contributed by atoms with Crippen LogP contribution in [-0.2, 0) is 17.8 Å². The number of rotatable bonds is 7. The standard InChI is InChI=1S/C31H38N6O3/c1-4-28(38)35-16-18-36(19-17-35)30-24-13-15-37(26-11-5-8-22-9-6-12-27(39-3)29(22)26)20-25(24)32-31(33-30)40-21-23-10-7-14-34(23)2/h4-6,8-9,11-12,23H,1,7,10,13-21H2,2-3H3/t23-/m0/s1. The maximum Gasteiger partial charge on any atom is 0.318 e. The van der Waals surface area contributed by atoms with Gasteiger partial charge >= 0.3 is 6.01 Å². The van der Waals surface area contributed by atoms with Crippen LogP contribution >= 0.6 is 0 Å². The third kappa shape index (κ3) is 5.06. The van der Waals surface area contributed by atoms with Crippen molar-refractivity contribution in [2.75, 3.05) is 69.8 Å². The molecule has 1 aromatic heterocycles. The summed E-state index contributed by atoms with van der Waals surface area (Å²) in [7, 11) is 3.88. The van der Waals surface area contributed by atoms with E-state index < -0.39 is 0 Å². The summed E-state index contributed by atoms with van der Waals surface area (Å²) in [6, 6.07) is 13.4. The second-order valence-corrected chi connectivity index (χ2v) is 10.9. The molecule has 9 heteroatoms. The van der Waals surface area contributed by atoms with Crippen molar-refractivity contribution in [2.24, 2.45) is 0 Å². The number of ether oxygens (including phenoxy) is 2. The van der Waals surface area contributed by atoms with Crippen LogP contribution in [0.5, 0.6) is 11.8 Å². The fourth-order valence-electron chi connectivity index (χ4n) is 6.27. The smallest absolute Gasteiger partial charge is 0.318 e. The Morgan fingerprint density at radius 1 is 1.05 bits per heavy atom. The molecule has 9 nitrogen and oxygen atoms in total. The van der Waals surface area contributed by atoms with Crippen molar-refractivity contribution in [3.8, 4) is 11.8 Å². The summed E-state index contributed by atoms with van der Waals surface area (Å²) in [6.07, 6.45) is 4.54. The van der Waals surface area contributed by atoms with Crippen LogP contribution in [0.25, 0.3) is 10.8 Å². The summed E-state index contributed by atoms with van der Waals surface area (Å²) >= 11 is 0. The van der Waals surface area contributed by atoms with E-state index in [4.69, 9.17) is 19.4 Å². The van der Waals surface area contributed by atoms with Crippen LogP contribution in [0.4, 0.5) is 11.5 Å². The van der Waals surface area contributed by atoms with Crippen molar-refractivity contribution in [1.82, 2.24) is 19.8 Å². The van der Waals surface area contributed by atoms with Crippen molar-refractivity contribution in [3.05, 3.63) is 60.3 Å². The van der Waals surface area contributed by atoms with Gasteiger partial charge in [-0.2, -0.15) is 9.97 Å². The Hall–Kier alpha value is -3.85. The topological polar surface area (TPSA) is 74.3 Å². The van der Waals surface area contributed by atoms with Crippen molar-refractivity contribution in [1.29, 1.82) is 0 Å². The van der Waals surface area contributed by atoms with E-state index in [0.717, 1.165) is 72.7 Å². The van der Waals surface area contributed by atoms with Gasteiger partial charge in [0, 0.05) is 55.4 Å². The van der Waals surface area contributed by atoms with Crippen LogP contribution in [0.2, 0.25) is 0 Å². The molecule has 3 aliphatic rings. The molecule has 2 aromatic carbocycles. The zero-order valence-corrected chi connectivity index (χ0v) is 23.5. The molecule has 0 radical (unpaired) electrons. The van der Waals surface area contributed by atoms with E-state index in [-0.39, 0.29) is 5.91 Å². The number of benzene rings is 2. The molecule has 0 aliphatic carbocycles. The molecule has 2 saturated heterocycles. The third-order valence-electron chi connectivity index (χ3n) is 8.57. The van der Waals surface area contributed by atoms with Gasteiger partial charge in [-0.1, -0.05) is 30.8 Å². The number of piperazine rings is 1. The molecule has 4 heterocycles. The number of aromatic nitrogens is 2. The molecule has 3 aromatic rings. The van der Waals surface area contributed by atoms with Gasteiger partial charge in [-0.3, -0.25) is 4.79 Å². The number of likely N-dealkylation sites (N-methyl/N-ethyl adjacent to an activating group) is 1. The Balaban J connectivity index is 1.32. The van der Waals surface area contributed by atoms with Gasteiger partial charge in [-0.25, -0.2) is 0 Å². The number of hydrogen-bond acceptors (Lipinski definition) is 8. The van der Waals surface area contributed by atoms with E-state index in [1.165, 1.54) is 18.1 Å². The molecular formula is C31H38N6O3. The molecule has 3 aliphatic heterocycles. The molecule has 40 heavy (non-hydrogen) atoms. The van der Waals surface area contributed by atoms with E-state index in [9.17, 15) is 4.79 Å². The molecule has 210 valence electrons. The first-order chi connectivity index (χ1) is 19.6. The maximum atomic E-state index is 12.2. The molecule has 0 bridgehead atoms. The Morgan fingerprint density at radius 2 is 1.85 bits per heavy atom. The SMILES string of the molecule is C=CC(=O)N1CCN(c2nc(OC[C@@H]3CCCN3C)nc3c2CCN(c2cccc4cccc(OC)c24)C3)CC1. The number of carbonyl (C=O) groups excluding carboxylic acids is 1.